The molecule has 0 N–H and O–H groups in total. The van der Waals surface area contributed by atoms with Gasteiger partial charge < -0.3 is 9.64 Å². The SMILES string of the molecule is CCN1Cc2c(N3CCOCC3C)nc(Cl)nc2C1(C)C. The third-order valence-electron chi connectivity index (χ3n) is 4.70. The maximum Gasteiger partial charge on any atom is 0.224 e. The van der Waals surface area contributed by atoms with Crippen LogP contribution in [0.3, 0.4) is 0 Å². The zero-order valence-corrected chi connectivity index (χ0v) is 13.9. The summed E-state index contributed by atoms with van der Waals surface area (Å²) in [6, 6.07) is 0.313. The van der Waals surface area contributed by atoms with Crippen LogP contribution in [0, 0.1) is 0 Å². The maximum atomic E-state index is 6.21. The van der Waals surface area contributed by atoms with Gasteiger partial charge in [0, 0.05) is 18.7 Å². The third kappa shape index (κ3) is 2.41. The molecule has 2 aliphatic heterocycles. The predicted molar refractivity (Wildman–Crippen MR) is 83.8 cm³/mol. The second kappa shape index (κ2) is 5.38. The van der Waals surface area contributed by atoms with Crippen LogP contribution < -0.4 is 4.90 Å². The van der Waals surface area contributed by atoms with E-state index in [4.69, 9.17) is 16.3 Å². The van der Waals surface area contributed by atoms with E-state index in [2.05, 4.69) is 47.5 Å². The molecule has 1 saturated heterocycles. The highest BCUT2D eigenvalue weighted by Crippen LogP contribution is 2.41. The molecule has 0 saturated carbocycles. The van der Waals surface area contributed by atoms with Crippen LogP contribution in [0.15, 0.2) is 0 Å². The summed E-state index contributed by atoms with van der Waals surface area (Å²) in [5.74, 6) is 0.991. The predicted octanol–water partition coefficient (Wildman–Crippen LogP) is 2.43. The van der Waals surface area contributed by atoms with Gasteiger partial charge in [-0.15, -0.1) is 0 Å². The molecule has 21 heavy (non-hydrogen) atoms. The Bertz CT molecular complexity index is 549. The third-order valence-corrected chi connectivity index (χ3v) is 4.87. The van der Waals surface area contributed by atoms with E-state index in [0.717, 1.165) is 44.4 Å². The lowest BCUT2D eigenvalue weighted by Gasteiger charge is -2.35. The average Bonchev–Trinajstić information content (AvgIpc) is 2.70. The van der Waals surface area contributed by atoms with E-state index in [1.54, 1.807) is 0 Å². The van der Waals surface area contributed by atoms with Crippen LogP contribution in [0.1, 0.15) is 39.0 Å². The second-order valence-corrected chi connectivity index (χ2v) is 6.67. The van der Waals surface area contributed by atoms with Crippen molar-refractivity contribution in [2.45, 2.75) is 45.8 Å². The van der Waals surface area contributed by atoms with E-state index in [0.29, 0.717) is 11.3 Å². The minimum absolute atomic E-state index is 0.0963. The molecule has 1 unspecified atom stereocenters. The molecule has 1 atom stereocenters. The molecule has 6 heteroatoms. The van der Waals surface area contributed by atoms with E-state index in [1.165, 1.54) is 5.56 Å². The number of halogens is 1. The standard InChI is InChI=1S/C15H23ClN4O/c1-5-19-8-11-12(15(19,3)4)17-14(16)18-13(11)20-6-7-21-9-10(20)2/h10H,5-9H2,1-4H3. The van der Waals surface area contributed by atoms with Crippen LogP contribution in [0.25, 0.3) is 0 Å². The molecule has 3 heterocycles. The summed E-state index contributed by atoms with van der Waals surface area (Å²) in [6.07, 6.45) is 0. The number of nitrogens with zero attached hydrogens (tertiary/aromatic N) is 4. The normalized spacial score (nSPS) is 25.2. The molecule has 2 aliphatic rings. The van der Waals surface area contributed by atoms with Crippen LogP contribution in [-0.2, 0) is 16.8 Å². The monoisotopic (exact) mass is 310 g/mol. The number of anilines is 1. The van der Waals surface area contributed by atoms with Crippen molar-refractivity contribution in [2.75, 3.05) is 31.2 Å². The minimum Gasteiger partial charge on any atom is -0.377 e. The molecule has 0 spiro atoms. The summed E-state index contributed by atoms with van der Waals surface area (Å²) in [4.78, 5) is 13.8. The van der Waals surface area contributed by atoms with Crippen molar-refractivity contribution in [3.8, 4) is 0 Å². The van der Waals surface area contributed by atoms with Crippen LogP contribution in [0.5, 0.6) is 0 Å². The summed E-state index contributed by atoms with van der Waals surface area (Å²) in [5.41, 5.74) is 2.19. The molecule has 0 aliphatic carbocycles. The van der Waals surface area contributed by atoms with Crippen LogP contribution in [0.2, 0.25) is 5.28 Å². The van der Waals surface area contributed by atoms with Gasteiger partial charge in [0.2, 0.25) is 5.28 Å². The summed E-state index contributed by atoms with van der Waals surface area (Å²) >= 11 is 6.21. The largest absolute Gasteiger partial charge is 0.377 e. The first-order valence-electron chi connectivity index (χ1n) is 7.61. The molecule has 3 rings (SSSR count). The number of aromatic nitrogens is 2. The number of rotatable bonds is 2. The van der Waals surface area contributed by atoms with Gasteiger partial charge in [-0.2, -0.15) is 0 Å². The molecular weight excluding hydrogens is 288 g/mol. The number of morpholine rings is 1. The highest BCUT2D eigenvalue weighted by molar-refractivity contribution is 6.28. The molecule has 1 aromatic heterocycles. The summed E-state index contributed by atoms with van der Waals surface area (Å²) in [5, 5.41) is 0.341. The van der Waals surface area contributed by atoms with Crippen molar-refractivity contribution in [1.82, 2.24) is 14.9 Å². The van der Waals surface area contributed by atoms with E-state index in [9.17, 15) is 0 Å². The first-order chi connectivity index (χ1) is 9.95. The van der Waals surface area contributed by atoms with Crippen molar-refractivity contribution >= 4 is 17.4 Å². The van der Waals surface area contributed by atoms with Crippen molar-refractivity contribution in [3.05, 3.63) is 16.5 Å². The Balaban J connectivity index is 2.08. The molecular formula is C15H23ClN4O. The molecule has 1 fully saturated rings. The van der Waals surface area contributed by atoms with Gasteiger partial charge in [-0.25, -0.2) is 9.97 Å². The van der Waals surface area contributed by atoms with Gasteiger partial charge in [0.05, 0.1) is 30.5 Å². The van der Waals surface area contributed by atoms with Gasteiger partial charge in [-0.05, 0) is 38.9 Å². The number of hydrogen-bond donors (Lipinski definition) is 0. The quantitative estimate of drug-likeness (QED) is 0.785. The Morgan fingerprint density at radius 3 is 2.81 bits per heavy atom. The topological polar surface area (TPSA) is 41.5 Å². The summed E-state index contributed by atoms with van der Waals surface area (Å²) in [6.45, 7) is 13.0. The Morgan fingerprint density at radius 2 is 2.14 bits per heavy atom. The van der Waals surface area contributed by atoms with Crippen LogP contribution in [-0.4, -0.2) is 47.2 Å². The van der Waals surface area contributed by atoms with Crippen molar-refractivity contribution in [1.29, 1.82) is 0 Å². The van der Waals surface area contributed by atoms with Crippen LogP contribution in [0.4, 0.5) is 5.82 Å². The van der Waals surface area contributed by atoms with Crippen LogP contribution >= 0.6 is 11.6 Å². The fraction of sp³-hybridized carbons (Fsp3) is 0.733. The van der Waals surface area contributed by atoms with Gasteiger partial charge in [0.25, 0.3) is 0 Å². The van der Waals surface area contributed by atoms with E-state index < -0.39 is 0 Å². The Kier molecular flexibility index (Phi) is 3.84. The molecule has 5 nitrogen and oxygen atoms in total. The Hall–Kier alpha value is -0.910. The first kappa shape index (κ1) is 15.0. The van der Waals surface area contributed by atoms with E-state index in [-0.39, 0.29) is 5.54 Å². The first-order valence-corrected chi connectivity index (χ1v) is 7.99. The molecule has 0 radical (unpaired) electrons. The Labute approximate surface area is 131 Å². The highest BCUT2D eigenvalue weighted by Gasteiger charge is 2.41. The summed E-state index contributed by atoms with van der Waals surface area (Å²) < 4.78 is 5.54. The van der Waals surface area contributed by atoms with Gasteiger partial charge in [0.15, 0.2) is 0 Å². The zero-order chi connectivity index (χ0) is 15.2. The van der Waals surface area contributed by atoms with Crippen molar-refractivity contribution in [3.63, 3.8) is 0 Å². The van der Waals surface area contributed by atoms with Crippen molar-refractivity contribution in [2.24, 2.45) is 0 Å². The van der Waals surface area contributed by atoms with Crippen molar-refractivity contribution < 1.29 is 4.74 Å². The zero-order valence-electron chi connectivity index (χ0n) is 13.2. The number of hydrogen-bond acceptors (Lipinski definition) is 5. The molecule has 116 valence electrons. The maximum absolute atomic E-state index is 6.21. The lowest BCUT2D eigenvalue weighted by atomic mass is 9.99. The fourth-order valence-corrected chi connectivity index (χ4v) is 3.59. The average molecular weight is 311 g/mol. The highest BCUT2D eigenvalue weighted by atomic mass is 35.5. The van der Waals surface area contributed by atoms with Gasteiger partial charge >= 0.3 is 0 Å². The molecule has 0 amide bonds. The summed E-state index contributed by atoms with van der Waals surface area (Å²) in [7, 11) is 0. The lowest BCUT2D eigenvalue weighted by Crippen LogP contribution is -2.44. The number of ether oxygens (including phenoxy) is 1. The Morgan fingerprint density at radius 1 is 1.38 bits per heavy atom. The second-order valence-electron chi connectivity index (χ2n) is 6.33. The van der Waals surface area contributed by atoms with E-state index >= 15 is 0 Å². The molecule has 0 bridgehead atoms. The molecule has 0 aromatic carbocycles. The van der Waals surface area contributed by atoms with Gasteiger partial charge in [-0.1, -0.05) is 6.92 Å². The number of fused-ring (bicyclic) bond motifs is 1. The fourth-order valence-electron chi connectivity index (χ4n) is 3.42. The van der Waals surface area contributed by atoms with Gasteiger partial charge in [0.1, 0.15) is 5.82 Å². The van der Waals surface area contributed by atoms with E-state index in [1.807, 2.05) is 0 Å². The lowest BCUT2D eigenvalue weighted by molar-refractivity contribution is 0.0983. The smallest absolute Gasteiger partial charge is 0.224 e. The van der Waals surface area contributed by atoms with Gasteiger partial charge in [-0.3, -0.25) is 4.90 Å². The minimum atomic E-state index is -0.0963. The molecule has 1 aromatic rings.